The molecule has 0 heterocycles. The molecule has 78 valence electrons. The monoisotopic (exact) mass is 183 g/mol. The molecule has 0 amide bonds. The van der Waals surface area contributed by atoms with Crippen molar-refractivity contribution in [3.63, 3.8) is 0 Å². The molecular weight excluding hydrogens is 158 g/mol. The van der Waals surface area contributed by atoms with Crippen molar-refractivity contribution in [3.8, 4) is 0 Å². The third-order valence-corrected chi connectivity index (χ3v) is 3.31. The summed E-state index contributed by atoms with van der Waals surface area (Å²) in [4.78, 5) is 0. The molecule has 0 aliphatic heterocycles. The molecule has 1 atom stereocenters. The zero-order chi connectivity index (χ0) is 9.52. The van der Waals surface area contributed by atoms with Crippen molar-refractivity contribution in [2.75, 3.05) is 6.54 Å². The van der Waals surface area contributed by atoms with Crippen molar-refractivity contribution in [2.24, 2.45) is 5.92 Å². The van der Waals surface area contributed by atoms with Crippen molar-refractivity contribution in [1.29, 1.82) is 0 Å². The Morgan fingerprint density at radius 3 is 2.31 bits per heavy atom. The minimum absolute atomic E-state index is 0.830. The topological polar surface area (TPSA) is 12.0 Å². The molecule has 1 nitrogen and oxygen atoms in total. The maximum atomic E-state index is 3.71. The second-order valence-corrected chi connectivity index (χ2v) is 4.61. The van der Waals surface area contributed by atoms with Crippen molar-refractivity contribution in [1.82, 2.24) is 5.32 Å². The molecule has 0 aromatic carbocycles. The first-order valence-electron chi connectivity index (χ1n) is 6.06. The van der Waals surface area contributed by atoms with Gasteiger partial charge in [-0.2, -0.15) is 0 Å². The smallest absolute Gasteiger partial charge is 0.00671 e. The van der Waals surface area contributed by atoms with Crippen LogP contribution in [0.4, 0.5) is 0 Å². The van der Waals surface area contributed by atoms with Crippen LogP contribution in [0.5, 0.6) is 0 Å². The molecule has 1 heteroatoms. The summed E-state index contributed by atoms with van der Waals surface area (Å²) in [5, 5.41) is 3.71. The van der Waals surface area contributed by atoms with Gasteiger partial charge in [0.1, 0.15) is 0 Å². The zero-order valence-corrected chi connectivity index (χ0v) is 9.31. The molecule has 0 spiro atoms. The number of hydrogen-bond donors (Lipinski definition) is 1. The predicted molar refractivity (Wildman–Crippen MR) is 58.9 cm³/mol. The van der Waals surface area contributed by atoms with Gasteiger partial charge in [-0.3, -0.25) is 0 Å². The van der Waals surface area contributed by atoms with Gasteiger partial charge in [0.25, 0.3) is 0 Å². The van der Waals surface area contributed by atoms with E-state index >= 15 is 0 Å². The number of nitrogens with one attached hydrogen (secondary N) is 1. The summed E-state index contributed by atoms with van der Waals surface area (Å²) in [5.74, 6) is 0.850. The average Bonchev–Trinajstić information content (AvgIpc) is 2.42. The predicted octanol–water partition coefficient (Wildman–Crippen LogP) is 3.34. The molecule has 1 aliphatic rings. The van der Waals surface area contributed by atoms with Gasteiger partial charge in [0.2, 0.25) is 0 Å². The summed E-state index contributed by atoms with van der Waals surface area (Å²) in [5.41, 5.74) is 0. The van der Waals surface area contributed by atoms with Crippen LogP contribution in [0.15, 0.2) is 0 Å². The van der Waals surface area contributed by atoms with E-state index in [0.29, 0.717) is 0 Å². The van der Waals surface area contributed by atoms with E-state index in [9.17, 15) is 0 Å². The fourth-order valence-corrected chi connectivity index (χ4v) is 2.00. The Morgan fingerprint density at radius 1 is 1.15 bits per heavy atom. The molecule has 0 aromatic heterocycles. The van der Waals surface area contributed by atoms with Crippen LogP contribution in [0.25, 0.3) is 0 Å². The fourth-order valence-electron chi connectivity index (χ4n) is 2.00. The van der Waals surface area contributed by atoms with E-state index in [4.69, 9.17) is 0 Å². The van der Waals surface area contributed by atoms with Crippen molar-refractivity contribution >= 4 is 0 Å². The molecule has 0 radical (unpaired) electrons. The van der Waals surface area contributed by atoms with Crippen LogP contribution in [0.3, 0.4) is 0 Å². The minimum Gasteiger partial charge on any atom is -0.314 e. The van der Waals surface area contributed by atoms with Gasteiger partial charge < -0.3 is 5.32 Å². The Bertz CT molecular complexity index is 114. The molecular formula is C12H25N. The highest BCUT2D eigenvalue weighted by Crippen LogP contribution is 2.17. The van der Waals surface area contributed by atoms with Gasteiger partial charge in [-0.05, 0) is 25.3 Å². The Kier molecular flexibility index (Phi) is 5.45. The van der Waals surface area contributed by atoms with Gasteiger partial charge in [-0.25, -0.2) is 0 Å². The highest BCUT2D eigenvalue weighted by Gasteiger charge is 2.11. The van der Waals surface area contributed by atoms with E-state index in [0.717, 1.165) is 12.0 Å². The Balaban J connectivity index is 2.11. The molecule has 1 rings (SSSR count). The molecule has 1 fully saturated rings. The first-order chi connectivity index (χ1) is 6.33. The molecule has 0 bridgehead atoms. The minimum atomic E-state index is 0.830. The highest BCUT2D eigenvalue weighted by atomic mass is 14.9. The Morgan fingerprint density at radius 2 is 1.77 bits per heavy atom. The molecule has 1 N–H and O–H groups in total. The largest absolute Gasteiger partial charge is 0.314 e. The Hall–Kier alpha value is -0.0400. The maximum absolute atomic E-state index is 3.71. The van der Waals surface area contributed by atoms with Crippen molar-refractivity contribution in [3.05, 3.63) is 0 Å². The molecule has 0 aromatic rings. The van der Waals surface area contributed by atoms with Crippen LogP contribution in [0.2, 0.25) is 0 Å². The molecule has 0 unspecified atom stereocenters. The first kappa shape index (κ1) is 11.0. The van der Waals surface area contributed by atoms with Gasteiger partial charge in [0.05, 0.1) is 0 Å². The van der Waals surface area contributed by atoms with E-state index in [1.807, 2.05) is 0 Å². The van der Waals surface area contributed by atoms with E-state index < -0.39 is 0 Å². The second kappa shape index (κ2) is 6.42. The molecule has 1 aliphatic carbocycles. The van der Waals surface area contributed by atoms with Gasteiger partial charge >= 0.3 is 0 Å². The lowest BCUT2D eigenvalue weighted by atomic mass is 10.1. The zero-order valence-electron chi connectivity index (χ0n) is 9.31. The van der Waals surface area contributed by atoms with Gasteiger partial charge in [-0.15, -0.1) is 0 Å². The second-order valence-electron chi connectivity index (χ2n) is 4.61. The van der Waals surface area contributed by atoms with Gasteiger partial charge in [0, 0.05) is 6.04 Å². The average molecular weight is 183 g/mol. The van der Waals surface area contributed by atoms with Crippen LogP contribution >= 0.6 is 0 Å². The van der Waals surface area contributed by atoms with Crippen LogP contribution in [0.1, 0.15) is 58.8 Å². The summed E-state index contributed by atoms with van der Waals surface area (Å²) >= 11 is 0. The van der Waals surface area contributed by atoms with Gasteiger partial charge in [0.15, 0.2) is 0 Å². The molecule has 13 heavy (non-hydrogen) atoms. The van der Waals surface area contributed by atoms with Crippen LogP contribution in [-0.4, -0.2) is 12.6 Å². The lowest BCUT2D eigenvalue weighted by molar-refractivity contribution is 0.408. The quantitative estimate of drug-likeness (QED) is 0.659. The lowest BCUT2D eigenvalue weighted by Crippen LogP contribution is -2.32. The molecule has 0 saturated heterocycles. The third kappa shape index (κ3) is 4.66. The SMILES string of the molecule is CC[C@H](C)CNC1CCCCCC1. The van der Waals surface area contributed by atoms with E-state index in [-0.39, 0.29) is 0 Å². The maximum Gasteiger partial charge on any atom is 0.00671 e. The van der Waals surface area contributed by atoms with E-state index in [1.165, 1.54) is 51.5 Å². The summed E-state index contributed by atoms with van der Waals surface area (Å²) in [6, 6.07) is 0.830. The standard InChI is InChI=1S/C12H25N/c1-3-11(2)10-13-12-8-6-4-5-7-9-12/h11-13H,3-10H2,1-2H3/t11-/m0/s1. The first-order valence-corrected chi connectivity index (χ1v) is 6.06. The fraction of sp³-hybridized carbons (Fsp3) is 1.00. The summed E-state index contributed by atoms with van der Waals surface area (Å²) in [6.45, 7) is 5.84. The Labute approximate surface area is 83.3 Å². The summed E-state index contributed by atoms with van der Waals surface area (Å²) in [6.07, 6.45) is 9.94. The third-order valence-electron chi connectivity index (χ3n) is 3.31. The number of hydrogen-bond acceptors (Lipinski definition) is 1. The lowest BCUT2D eigenvalue weighted by Gasteiger charge is -2.18. The van der Waals surface area contributed by atoms with Crippen LogP contribution in [0, 0.1) is 5.92 Å². The van der Waals surface area contributed by atoms with Crippen molar-refractivity contribution < 1.29 is 0 Å². The number of rotatable bonds is 4. The summed E-state index contributed by atoms with van der Waals surface area (Å²) < 4.78 is 0. The summed E-state index contributed by atoms with van der Waals surface area (Å²) in [7, 11) is 0. The van der Waals surface area contributed by atoms with E-state index in [2.05, 4.69) is 19.2 Å². The normalized spacial score (nSPS) is 22.6. The van der Waals surface area contributed by atoms with Crippen molar-refractivity contribution in [2.45, 2.75) is 64.8 Å². The molecule has 1 saturated carbocycles. The van der Waals surface area contributed by atoms with Crippen LogP contribution in [-0.2, 0) is 0 Å². The van der Waals surface area contributed by atoms with Gasteiger partial charge in [-0.1, -0.05) is 46.0 Å². The highest BCUT2D eigenvalue weighted by molar-refractivity contribution is 4.71. The van der Waals surface area contributed by atoms with E-state index in [1.54, 1.807) is 0 Å². The van der Waals surface area contributed by atoms with Crippen LogP contribution < -0.4 is 5.32 Å².